The molecule has 4 rings (SSSR count). The number of hydrogen-bond donors (Lipinski definition) is 2. The van der Waals surface area contributed by atoms with Gasteiger partial charge >= 0.3 is 6.03 Å². The lowest BCUT2D eigenvalue weighted by molar-refractivity contribution is 0.0918. The summed E-state index contributed by atoms with van der Waals surface area (Å²) in [6, 6.07) is 15.3. The normalized spacial score (nSPS) is 15.1. The van der Waals surface area contributed by atoms with Gasteiger partial charge < -0.3 is 20.1 Å². The molecule has 0 spiro atoms. The van der Waals surface area contributed by atoms with Crippen LogP contribution in [0.5, 0.6) is 11.5 Å². The standard InChI is InChI=1S/C20H21N5O3/c26-20(23-10-17-12-27-18-3-1-2-4-19(18)28-17)22-9-15-5-7-16(8-6-15)11-25-14-21-13-24-25/h1-8,13-14,17H,9-12H2,(H2,22,23,26). The van der Waals surface area contributed by atoms with Crippen LogP contribution < -0.4 is 20.1 Å². The number of amides is 2. The number of carbonyl (C=O) groups is 1. The van der Waals surface area contributed by atoms with Crippen molar-refractivity contribution in [3.8, 4) is 11.5 Å². The molecule has 1 aromatic heterocycles. The van der Waals surface area contributed by atoms with Crippen LogP contribution in [-0.2, 0) is 13.1 Å². The van der Waals surface area contributed by atoms with E-state index >= 15 is 0 Å². The van der Waals surface area contributed by atoms with Crippen molar-refractivity contribution in [3.05, 3.63) is 72.3 Å². The summed E-state index contributed by atoms with van der Waals surface area (Å²) in [5, 5.41) is 9.76. The van der Waals surface area contributed by atoms with Crippen molar-refractivity contribution >= 4 is 6.03 Å². The molecule has 0 fully saturated rings. The molecule has 3 aromatic rings. The predicted molar refractivity (Wildman–Crippen MR) is 102 cm³/mol. The van der Waals surface area contributed by atoms with Gasteiger partial charge in [-0.25, -0.2) is 14.5 Å². The Labute approximate surface area is 162 Å². The molecule has 8 heteroatoms. The number of para-hydroxylation sites is 2. The zero-order chi connectivity index (χ0) is 19.2. The van der Waals surface area contributed by atoms with Gasteiger partial charge in [-0.05, 0) is 23.3 Å². The fourth-order valence-corrected chi connectivity index (χ4v) is 2.88. The molecular formula is C20H21N5O3. The summed E-state index contributed by atoms with van der Waals surface area (Å²) in [5.74, 6) is 1.43. The maximum atomic E-state index is 12.0. The molecule has 1 aliphatic heterocycles. The highest BCUT2D eigenvalue weighted by Gasteiger charge is 2.20. The molecule has 144 valence electrons. The van der Waals surface area contributed by atoms with Gasteiger partial charge in [-0.3, -0.25) is 0 Å². The molecule has 28 heavy (non-hydrogen) atoms. The number of hydrogen-bond acceptors (Lipinski definition) is 5. The van der Waals surface area contributed by atoms with Crippen molar-refractivity contribution in [1.29, 1.82) is 0 Å². The Morgan fingerprint density at radius 1 is 1.07 bits per heavy atom. The first kappa shape index (κ1) is 17.8. The number of nitrogens with one attached hydrogen (secondary N) is 2. The first-order chi connectivity index (χ1) is 13.8. The van der Waals surface area contributed by atoms with E-state index in [0.717, 1.165) is 16.9 Å². The molecule has 0 radical (unpaired) electrons. The summed E-state index contributed by atoms with van der Waals surface area (Å²) >= 11 is 0. The minimum Gasteiger partial charge on any atom is -0.486 e. The average molecular weight is 379 g/mol. The van der Waals surface area contributed by atoms with Gasteiger partial charge in [0, 0.05) is 6.54 Å². The monoisotopic (exact) mass is 379 g/mol. The van der Waals surface area contributed by atoms with Crippen molar-refractivity contribution in [1.82, 2.24) is 25.4 Å². The number of rotatable bonds is 6. The maximum Gasteiger partial charge on any atom is 0.315 e. The lowest BCUT2D eigenvalue weighted by atomic mass is 10.1. The largest absolute Gasteiger partial charge is 0.486 e. The van der Waals surface area contributed by atoms with Crippen molar-refractivity contribution < 1.29 is 14.3 Å². The van der Waals surface area contributed by atoms with Gasteiger partial charge in [0.15, 0.2) is 17.6 Å². The lowest BCUT2D eigenvalue weighted by Gasteiger charge is -2.26. The van der Waals surface area contributed by atoms with Gasteiger partial charge in [-0.2, -0.15) is 5.10 Å². The second-order valence-corrected chi connectivity index (χ2v) is 6.47. The minimum atomic E-state index is -0.242. The van der Waals surface area contributed by atoms with Crippen molar-refractivity contribution in [2.45, 2.75) is 19.2 Å². The molecular weight excluding hydrogens is 358 g/mol. The molecule has 1 unspecified atom stereocenters. The number of ether oxygens (including phenoxy) is 2. The second kappa shape index (κ2) is 8.43. The number of fused-ring (bicyclic) bond motifs is 1. The smallest absolute Gasteiger partial charge is 0.315 e. The van der Waals surface area contributed by atoms with Crippen LogP contribution in [0.3, 0.4) is 0 Å². The van der Waals surface area contributed by atoms with Gasteiger partial charge in [0.1, 0.15) is 19.3 Å². The first-order valence-electron chi connectivity index (χ1n) is 9.07. The lowest BCUT2D eigenvalue weighted by Crippen LogP contribution is -2.44. The Bertz CT molecular complexity index is 912. The SMILES string of the molecule is O=C(NCc1ccc(Cn2cncn2)cc1)NCC1COc2ccccc2O1. The highest BCUT2D eigenvalue weighted by molar-refractivity contribution is 5.73. The van der Waals surface area contributed by atoms with Crippen molar-refractivity contribution in [2.75, 3.05) is 13.2 Å². The summed E-state index contributed by atoms with van der Waals surface area (Å²) in [7, 11) is 0. The molecule has 0 bridgehead atoms. The Hall–Kier alpha value is -3.55. The predicted octanol–water partition coefficient (Wildman–Crippen LogP) is 1.97. The Morgan fingerprint density at radius 2 is 1.86 bits per heavy atom. The second-order valence-electron chi connectivity index (χ2n) is 6.47. The highest BCUT2D eigenvalue weighted by Crippen LogP contribution is 2.30. The van der Waals surface area contributed by atoms with E-state index in [1.165, 1.54) is 6.33 Å². The average Bonchev–Trinajstić information content (AvgIpc) is 3.24. The molecule has 2 heterocycles. The molecule has 8 nitrogen and oxygen atoms in total. The summed E-state index contributed by atoms with van der Waals surface area (Å²) in [6.45, 7) is 1.89. The van der Waals surface area contributed by atoms with E-state index in [4.69, 9.17) is 9.47 Å². The quantitative estimate of drug-likeness (QED) is 0.683. The molecule has 0 saturated carbocycles. The van der Waals surface area contributed by atoms with Crippen LogP contribution in [0.4, 0.5) is 4.79 Å². The molecule has 2 aromatic carbocycles. The van der Waals surface area contributed by atoms with Gasteiger partial charge in [0.2, 0.25) is 0 Å². The van der Waals surface area contributed by atoms with Crippen LogP contribution >= 0.6 is 0 Å². The van der Waals surface area contributed by atoms with Crippen LogP contribution in [-0.4, -0.2) is 40.1 Å². The summed E-state index contributed by atoms with van der Waals surface area (Å²) in [4.78, 5) is 16.0. The number of urea groups is 1. The number of aromatic nitrogens is 3. The van der Waals surface area contributed by atoms with Crippen LogP contribution in [0.2, 0.25) is 0 Å². The molecule has 1 atom stereocenters. The third kappa shape index (κ3) is 4.59. The van der Waals surface area contributed by atoms with Gasteiger partial charge in [0.25, 0.3) is 0 Å². The molecule has 2 N–H and O–H groups in total. The third-order valence-electron chi connectivity index (χ3n) is 4.35. The van der Waals surface area contributed by atoms with Crippen molar-refractivity contribution in [2.24, 2.45) is 0 Å². The fraction of sp³-hybridized carbons (Fsp3) is 0.250. The van der Waals surface area contributed by atoms with E-state index in [1.54, 1.807) is 11.0 Å². The summed E-state index contributed by atoms with van der Waals surface area (Å²) in [5.41, 5.74) is 2.14. The van der Waals surface area contributed by atoms with Gasteiger partial charge in [0.05, 0.1) is 13.1 Å². The van der Waals surface area contributed by atoms with E-state index < -0.39 is 0 Å². The van der Waals surface area contributed by atoms with Crippen molar-refractivity contribution in [3.63, 3.8) is 0 Å². The van der Waals surface area contributed by atoms with E-state index in [-0.39, 0.29) is 12.1 Å². The van der Waals surface area contributed by atoms with Gasteiger partial charge in [-0.15, -0.1) is 0 Å². The minimum absolute atomic E-state index is 0.211. The number of carbonyl (C=O) groups excluding carboxylic acids is 1. The number of benzene rings is 2. The van der Waals surface area contributed by atoms with Crippen LogP contribution in [0.15, 0.2) is 61.2 Å². The Morgan fingerprint density at radius 3 is 2.64 bits per heavy atom. The Kier molecular flexibility index (Phi) is 5.37. The molecule has 0 saturated heterocycles. The van der Waals surface area contributed by atoms with Crippen LogP contribution in [0.1, 0.15) is 11.1 Å². The van der Waals surface area contributed by atoms with E-state index in [0.29, 0.717) is 32.0 Å². The van der Waals surface area contributed by atoms with E-state index in [1.807, 2.05) is 48.5 Å². The number of nitrogens with zero attached hydrogens (tertiary/aromatic N) is 3. The zero-order valence-corrected chi connectivity index (χ0v) is 15.2. The fourth-order valence-electron chi connectivity index (χ4n) is 2.88. The summed E-state index contributed by atoms with van der Waals surface area (Å²) in [6.07, 6.45) is 2.98. The van der Waals surface area contributed by atoms with E-state index in [2.05, 4.69) is 20.7 Å². The Balaban J connectivity index is 1.19. The molecule has 2 amide bonds. The maximum absolute atomic E-state index is 12.0. The van der Waals surface area contributed by atoms with E-state index in [9.17, 15) is 4.79 Å². The van der Waals surface area contributed by atoms with Gasteiger partial charge in [-0.1, -0.05) is 36.4 Å². The summed E-state index contributed by atoms with van der Waals surface area (Å²) < 4.78 is 13.2. The van der Waals surface area contributed by atoms with Crippen LogP contribution in [0, 0.1) is 0 Å². The topological polar surface area (TPSA) is 90.3 Å². The van der Waals surface area contributed by atoms with Crippen LogP contribution in [0.25, 0.3) is 0 Å². The molecule has 0 aliphatic carbocycles. The zero-order valence-electron chi connectivity index (χ0n) is 15.2. The third-order valence-corrected chi connectivity index (χ3v) is 4.35. The highest BCUT2D eigenvalue weighted by atomic mass is 16.6. The first-order valence-corrected chi connectivity index (χ1v) is 9.07. The molecule has 1 aliphatic rings.